The zero-order valence-electron chi connectivity index (χ0n) is 10.8. The van der Waals surface area contributed by atoms with E-state index in [1.54, 1.807) is 12.1 Å². The predicted molar refractivity (Wildman–Crippen MR) is 68.5 cm³/mol. The van der Waals surface area contributed by atoms with Gasteiger partial charge in [-0.3, -0.25) is 4.79 Å². The number of carbonyl (C=O) groups is 2. The molecule has 0 saturated carbocycles. The van der Waals surface area contributed by atoms with Gasteiger partial charge in [0.1, 0.15) is 11.9 Å². The van der Waals surface area contributed by atoms with Gasteiger partial charge in [0.25, 0.3) is 0 Å². The smallest absolute Gasteiger partial charge is 0.326 e. The van der Waals surface area contributed by atoms with Crippen molar-refractivity contribution in [2.75, 3.05) is 6.54 Å². The van der Waals surface area contributed by atoms with E-state index in [4.69, 9.17) is 5.11 Å². The van der Waals surface area contributed by atoms with Crippen LogP contribution < -0.4 is 0 Å². The summed E-state index contributed by atoms with van der Waals surface area (Å²) < 4.78 is 12.7. The van der Waals surface area contributed by atoms with E-state index >= 15 is 0 Å². The highest BCUT2D eigenvalue weighted by Gasteiger charge is 2.38. The second-order valence-electron chi connectivity index (χ2n) is 4.92. The highest BCUT2D eigenvalue weighted by Crippen LogP contribution is 2.20. The SMILES string of the molecule is O=C(O)[C@@H]1C[C@@H](O)CN1C(=O)CCc1ccc(F)cc1. The molecule has 0 bridgehead atoms. The molecule has 1 aromatic rings. The summed E-state index contributed by atoms with van der Waals surface area (Å²) in [5, 5.41) is 18.5. The van der Waals surface area contributed by atoms with Crippen molar-refractivity contribution in [1.82, 2.24) is 4.90 Å². The molecule has 1 aliphatic rings. The normalized spacial score (nSPS) is 22.0. The van der Waals surface area contributed by atoms with E-state index in [1.165, 1.54) is 17.0 Å². The fourth-order valence-corrected chi connectivity index (χ4v) is 2.37. The number of hydrogen-bond acceptors (Lipinski definition) is 3. The van der Waals surface area contributed by atoms with Crippen LogP contribution >= 0.6 is 0 Å². The highest BCUT2D eigenvalue weighted by atomic mass is 19.1. The summed E-state index contributed by atoms with van der Waals surface area (Å²) in [4.78, 5) is 24.3. The number of hydrogen-bond donors (Lipinski definition) is 2. The topological polar surface area (TPSA) is 77.8 Å². The first-order chi connectivity index (χ1) is 9.47. The first kappa shape index (κ1) is 14.5. The molecule has 2 atom stereocenters. The lowest BCUT2D eigenvalue weighted by Gasteiger charge is -2.21. The third-order valence-electron chi connectivity index (χ3n) is 3.43. The van der Waals surface area contributed by atoms with Crippen LogP contribution in [0.5, 0.6) is 0 Å². The van der Waals surface area contributed by atoms with Gasteiger partial charge in [0.2, 0.25) is 5.91 Å². The Morgan fingerprint density at radius 3 is 2.55 bits per heavy atom. The molecular formula is C14H16FNO4. The fraction of sp³-hybridized carbons (Fsp3) is 0.429. The van der Waals surface area contributed by atoms with Crippen LogP contribution in [0.25, 0.3) is 0 Å². The van der Waals surface area contributed by atoms with Gasteiger partial charge in [0, 0.05) is 19.4 Å². The number of amides is 1. The van der Waals surface area contributed by atoms with E-state index in [-0.39, 0.29) is 31.1 Å². The Kier molecular flexibility index (Phi) is 4.34. The largest absolute Gasteiger partial charge is 0.480 e. The van der Waals surface area contributed by atoms with Gasteiger partial charge in [-0.25, -0.2) is 9.18 Å². The minimum absolute atomic E-state index is 0.0548. The molecular weight excluding hydrogens is 265 g/mol. The summed E-state index contributed by atoms with van der Waals surface area (Å²) in [5.74, 6) is -1.75. The summed E-state index contributed by atoms with van der Waals surface area (Å²) in [6.45, 7) is 0.0548. The Balaban J connectivity index is 1.94. The molecule has 2 rings (SSSR count). The molecule has 1 amide bonds. The number of benzene rings is 1. The Bertz CT molecular complexity index is 502. The van der Waals surface area contributed by atoms with Gasteiger partial charge in [-0.05, 0) is 24.1 Å². The Morgan fingerprint density at radius 1 is 1.30 bits per heavy atom. The molecule has 0 spiro atoms. The fourth-order valence-electron chi connectivity index (χ4n) is 2.37. The zero-order valence-corrected chi connectivity index (χ0v) is 10.8. The molecule has 0 unspecified atom stereocenters. The van der Waals surface area contributed by atoms with Crippen LogP contribution in [0.3, 0.4) is 0 Å². The van der Waals surface area contributed by atoms with E-state index in [0.29, 0.717) is 6.42 Å². The lowest BCUT2D eigenvalue weighted by Crippen LogP contribution is -2.40. The number of nitrogens with zero attached hydrogens (tertiary/aromatic N) is 1. The molecule has 1 aliphatic heterocycles. The van der Waals surface area contributed by atoms with Crippen molar-refractivity contribution in [2.45, 2.75) is 31.4 Å². The maximum Gasteiger partial charge on any atom is 0.326 e. The predicted octanol–water partition coefficient (Wildman–Crippen LogP) is 0.805. The van der Waals surface area contributed by atoms with Crippen molar-refractivity contribution < 1.29 is 24.2 Å². The molecule has 0 aliphatic carbocycles. The van der Waals surface area contributed by atoms with Gasteiger partial charge in [-0.2, -0.15) is 0 Å². The summed E-state index contributed by atoms with van der Waals surface area (Å²) in [5.41, 5.74) is 0.811. The molecule has 5 nitrogen and oxygen atoms in total. The summed E-state index contributed by atoms with van der Waals surface area (Å²) >= 11 is 0. The van der Waals surface area contributed by atoms with Crippen LogP contribution in [0, 0.1) is 5.82 Å². The van der Waals surface area contributed by atoms with Crippen molar-refractivity contribution in [3.63, 3.8) is 0 Å². The van der Waals surface area contributed by atoms with Crippen LogP contribution in [0.4, 0.5) is 4.39 Å². The molecule has 2 N–H and O–H groups in total. The van der Waals surface area contributed by atoms with Gasteiger partial charge in [-0.1, -0.05) is 12.1 Å². The lowest BCUT2D eigenvalue weighted by molar-refractivity contribution is -0.148. The van der Waals surface area contributed by atoms with Crippen LogP contribution in [-0.2, 0) is 16.0 Å². The Labute approximate surface area is 115 Å². The van der Waals surface area contributed by atoms with E-state index < -0.39 is 18.1 Å². The molecule has 0 radical (unpaired) electrons. The molecule has 1 fully saturated rings. The lowest BCUT2D eigenvalue weighted by atomic mass is 10.1. The molecule has 0 aromatic heterocycles. The first-order valence-corrected chi connectivity index (χ1v) is 6.42. The van der Waals surface area contributed by atoms with Gasteiger partial charge in [0.15, 0.2) is 0 Å². The molecule has 1 heterocycles. The minimum Gasteiger partial charge on any atom is -0.480 e. The molecule has 20 heavy (non-hydrogen) atoms. The monoisotopic (exact) mass is 281 g/mol. The number of aliphatic hydroxyl groups is 1. The third kappa shape index (κ3) is 3.33. The first-order valence-electron chi connectivity index (χ1n) is 6.42. The number of rotatable bonds is 4. The van der Waals surface area contributed by atoms with E-state index in [2.05, 4.69) is 0 Å². The van der Waals surface area contributed by atoms with Crippen LogP contribution in [-0.4, -0.2) is 45.7 Å². The number of likely N-dealkylation sites (tertiary alicyclic amines) is 1. The van der Waals surface area contributed by atoms with Gasteiger partial charge in [0.05, 0.1) is 6.10 Å². The summed E-state index contributed by atoms with van der Waals surface area (Å²) in [6, 6.07) is 4.87. The van der Waals surface area contributed by atoms with Gasteiger partial charge < -0.3 is 15.1 Å². The zero-order chi connectivity index (χ0) is 14.7. The number of carbonyl (C=O) groups excluding carboxylic acids is 1. The van der Waals surface area contributed by atoms with Gasteiger partial charge >= 0.3 is 5.97 Å². The van der Waals surface area contributed by atoms with Crippen molar-refractivity contribution in [1.29, 1.82) is 0 Å². The summed E-state index contributed by atoms with van der Waals surface area (Å²) in [6.07, 6.45) is -0.163. The minimum atomic E-state index is -1.10. The second-order valence-corrected chi connectivity index (χ2v) is 4.92. The standard InChI is InChI=1S/C14H16FNO4/c15-10-4-1-9(2-5-10)3-6-13(18)16-8-11(17)7-12(16)14(19)20/h1-2,4-5,11-12,17H,3,6-8H2,(H,19,20)/t11-,12+/m1/s1. The number of aryl methyl sites for hydroxylation is 1. The quantitative estimate of drug-likeness (QED) is 0.856. The van der Waals surface area contributed by atoms with Crippen LogP contribution in [0.1, 0.15) is 18.4 Å². The second kappa shape index (κ2) is 6.00. The summed E-state index contributed by atoms with van der Waals surface area (Å²) in [7, 11) is 0. The van der Waals surface area contributed by atoms with E-state index in [1.807, 2.05) is 0 Å². The maximum absolute atomic E-state index is 12.7. The van der Waals surface area contributed by atoms with Crippen LogP contribution in [0.2, 0.25) is 0 Å². The molecule has 1 aromatic carbocycles. The third-order valence-corrected chi connectivity index (χ3v) is 3.43. The number of carboxylic acids is 1. The highest BCUT2D eigenvalue weighted by molar-refractivity contribution is 5.84. The van der Waals surface area contributed by atoms with Crippen LogP contribution in [0.15, 0.2) is 24.3 Å². The number of halogens is 1. The van der Waals surface area contributed by atoms with Crippen molar-refractivity contribution >= 4 is 11.9 Å². The molecule has 108 valence electrons. The molecule has 1 saturated heterocycles. The number of carboxylic acid groups (broad SMARTS) is 1. The van der Waals surface area contributed by atoms with Crippen molar-refractivity contribution in [3.8, 4) is 0 Å². The number of aliphatic hydroxyl groups excluding tert-OH is 1. The average molecular weight is 281 g/mol. The van der Waals surface area contributed by atoms with Crippen molar-refractivity contribution in [2.24, 2.45) is 0 Å². The van der Waals surface area contributed by atoms with E-state index in [9.17, 15) is 19.1 Å². The molecule has 6 heteroatoms. The van der Waals surface area contributed by atoms with Gasteiger partial charge in [-0.15, -0.1) is 0 Å². The Morgan fingerprint density at radius 2 is 1.95 bits per heavy atom. The van der Waals surface area contributed by atoms with Crippen molar-refractivity contribution in [3.05, 3.63) is 35.6 Å². The number of β-amino-alcohol motifs (C(OH)–C–C–N with tert-alkyl or cyclic N) is 1. The van der Waals surface area contributed by atoms with E-state index in [0.717, 1.165) is 5.56 Å². The average Bonchev–Trinajstić information content (AvgIpc) is 2.80. The Hall–Kier alpha value is -1.95. The maximum atomic E-state index is 12.7. The number of aliphatic carboxylic acids is 1.